The van der Waals surface area contributed by atoms with Crippen LogP contribution in [0.3, 0.4) is 0 Å². The molecule has 0 aromatic carbocycles. The Morgan fingerprint density at radius 3 is 1.54 bits per heavy atom. The number of nitrogens with zero attached hydrogens (tertiary/aromatic N) is 8. The quantitative estimate of drug-likeness (QED) is 0.0913. The summed E-state index contributed by atoms with van der Waals surface area (Å²) in [4.78, 5) is 21.3. The van der Waals surface area contributed by atoms with E-state index in [0.717, 1.165) is 152 Å². The van der Waals surface area contributed by atoms with E-state index < -0.39 is 0 Å². The fourth-order valence-corrected chi connectivity index (χ4v) is 8.79. The van der Waals surface area contributed by atoms with Crippen LogP contribution in [-0.4, -0.2) is 39.4 Å². The number of aromatic nitrogens is 7. The lowest BCUT2D eigenvalue weighted by molar-refractivity contribution is 0.655. The van der Waals surface area contributed by atoms with Crippen molar-refractivity contribution in [2.24, 2.45) is 4.99 Å². The Bertz CT molecular complexity index is 2020. The second kappa shape index (κ2) is 22.7. The molecule has 3 aromatic rings. The van der Waals surface area contributed by atoms with Crippen LogP contribution in [0.15, 0.2) is 11.1 Å². The Morgan fingerprint density at radius 1 is 0.491 bits per heavy atom. The highest BCUT2D eigenvalue weighted by atomic mass is 32.1. The maximum atomic E-state index is 5.77. The van der Waals surface area contributed by atoms with Gasteiger partial charge in [-0.25, -0.2) is 18.9 Å². The van der Waals surface area contributed by atoms with Crippen molar-refractivity contribution >= 4 is 58.1 Å². The van der Waals surface area contributed by atoms with Crippen molar-refractivity contribution < 1.29 is 0 Å². The first-order chi connectivity index (χ1) is 27.9. The number of thiol groups is 1. The average Bonchev–Trinajstić information content (AvgIpc) is 3.96. The lowest BCUT2D eigenvalue weighted by Gasteiger charge is -2.16. The van der Waals surface area contributed by atoms with Crippen LogP contribution in [0.5, 0.6) is 0 Å². The number of aryl methyl sites for hydroxylation is 5. The van der Waals surface area contributed by atoms with Crippen LogP contribution in [0.25, 0.3) is 33.6 Å². The monoisotopic (exact) mass is 795 g/mol. The molecule has 9 heteroatoms. The summed E-state index contributed by atoms with van der Waals surface area (Å²) in [5.41, 5.74) is 16.6. The average molecular weight is 795 g/mol. The van der Waals surface area contributed by atoms with Crippen molar-refractivity contribution in [3.63, 3.8) is 0 Å². The molecule has 8 bridgehead atoms. The van der Waals surface area contributed by atoms with E-state index in [0.29, 0.717) is 17.4 Å². The summed E-state index contributed by atoms with van der Waals surface area (Å²) in [6.07, 6.45) is 25.2. The second-order valence-corrected chi connectivity index (χ2v) is 16.8. The molecule has 0 N–H and O–H groups in total. The first kappa shape index (κ1) is 44.8. The summed E-state index contributed by atoms with van der Waals surface area (Å²) in [5, 5.41) is 9.18. The van der Waals surface area contributed by atoms with E-state index in [2.05, 4.69) is 76.2 Å². The second-order valence-electron chi connectivity index (χ2n) is 16.4. The fraction of sp³-hybridized carbons (Fsp3) is 0.667. The van der Waals surface area contributed by atoms with Gasteiger partial charge in [0.15, 0.2) is 5.65 Å². The van der Waals surface area contributed by atoms with Gasteiger partial charge in [0.25, 0.3) is 11.7 Å². The predicted octanol–water partition coefficient (Wildman–Crippen LogP) is 13.9. The number of hydrogen-bond acceptors (Lipinski definition) is 7. The number of rotatable bonds is 24. The highest BCUT2D eigenvalue weighted by molar-refractivity contribution is 7.79. The van der Waals surface area contributed by atoms with Gasteiger partial charge in [-0.15, -0.1) is 10.2 Å². The van der Waals surface area contributed by atoms with Crippen LogP contribution < -0.4 is 0 Å². The first-order valence-electron chi connectivity index (χ1n) is 23.3. The molecule has 0 fully saturated rings. The Kier molecular flexibility index (Phi) is 17.8. The largest absolute Gasteiger partial charge is 0.340 e. The van der Waals surface area contributed by atoms with Crippen molar-refractivity contribution in [2.75, 3.05) is 0 Å². The zero-order valence-electron chi connectivity index (χ0n) is 37.1. The molecule has 0 saturated carbocycles. The molecule has 8 nitrogen and oxygen atoms in total. The molecular weight excluding hydrogens is 721 g/mol. The summed E-state index contributed by atoms with van der Waals surface area (Å²) in [6, 6.07) is 2.11. The molecular formula is C48H74N8S. The molecule has 0 spiro atoms. The van der Waals surface area contributed by atoms with Crippen molar-refractivity contribution in [1.82, 2.24) is 33.7 Å². The molecule has 2 aliphatic heterocycles. The van der Waals surface area contributed by atoms with E-state index in [1.165, 1.54) is 58.3 Å². The van der Waals surface area contributed by atoms with E-state index >= 15 is 0 Å². The highest BCUT2D eigenvalue weighted by Gasteiger charge is 2.29. The fourth-order valence-electron chi connectivity index (χ4n) is 8.61. The number of fused-ring (bicyclic) bond motifs is 8. The third-order valence-electron chi connectivity index (χ3n) is 11.8. The van der Waals surface area contributed by atoms with Crippen molar-refractivity contribution in [2.45, 2.75) is 210 Å². The predicted molar refractivity (Wildman–Crippen MR) is 247 cm³/mol. The summed E-state index contributed by atoms with van der Waals surface area (Å²) in [7, 11) is 0. The van der Waals surface area contributed by atoms with Gasteiger partial charge in [-0.3, -0.25) is 0 Å². The standard InChI is InChI=1S/C48H74N8S/c1-9-17-25-34-35(26-18-10-2)43-38(29-21-13-5)45-36(27-19-11-3)37(28-20-12-4)46(55(45)32-24-16-8)39(30-22-14-6)44-40(31-23-15-7)50-47(51-44)52-48-54-53-42(56(48)57)33-41(34)49-43/h33,57H,9-32H2,1-8H3. The van der Waals surface area contributed by atoms with Gasteiger partial charge in [0.05, 0.1) is 33.8 Å². The molecule has 0 unspecified atom stereocenters. The highest BCUT2D eigenvalue weighted by Crippen LogP contribution is 2.42. The molecule has 2 aliphatic rings. The van der Waals surface area contributed by atoms with Crippen LogP contribution in [0.4, 0.5) is 5.95 Å². The minimum absolute atomic E-state index is 0.396. The molecule has 57 heavy (non-hydrogen) atoms. The Labute approximate surface area is 350 Å². The Hall–Kier alpha value is -3.33. The molecule has 312 valence electrons. The van der Waals surface area contributed by atoms with Gasteiger partial charge in [0.2, 0.25) is 0 Å². The van der Waals surface area contributed by atoms with Crippen LogP contribution in [0.2, 0.25) is 0 Å². The van der Waals surface area contributed by atoms with E-state index in [-0.39, 0.29) is 0 Å². The van der Waals surface area contributed by atoms with Crippen molar-refractivity contribution in [3.05, 3.63) is 45.4 Å². The Morgan fingerprint density at radius 2 is 0.982 bits per heavy atom. The molecule has 0 saturated heterocycles. The maximum Gasteiger partial charge on any atom is 0.264 e. The Balaban J connectivity index is 2.17. The maximum absolute atomic E-state index is 5.77. The van der Waals surface area contributed by atoms with Gasteiger partial charge in [0.1, 0.15) is 0 Å². The van der Waals surface area contributed by atoms with E-state index in [1.54, 1.807) is 15.1 Å². The van der Waals surface area contributed by atoms with E-state index in [9.17, 15) is 0 Å². The third kappa shape index (κ3) is 10.5. The van der Waals surface area contributed by atoms with Gasteiger partial charge in [-0.2, -0.15) is 4.98 Å². The molecule has 5 rings (SSSR count). The summed E-state index contributed by atoms with van der Waals surface area (Å²) < 4.78 is 4.50. The third-order valence-corrected chi connectivity index (χ3v) is 12.2. The topological polar surface area (TPSA) is 86.7 Å². The smallest absolute Gasteiger partial charge is 0.264 e. The van der Waals surface area contributed by atoms with Crippen LogP contribution >= 0.6 is 12.8 Å². The van der Waals surface area contributed by atoms with Gasteiger partial charge < -0.3 is 4.57 Å². The summed E-state index contributed by atoms with van der Waals surface area (Å²) >= 11 is 4.93. The van der Waals surface area contributed by atoms with Crippen LogP contribution in [0, 0.1) is 0 Å². The molecule has 0 amide bonds. The molecule has 0 aliphatic carbocycles. The summed E-state index contributed by atoms with van der Waals surface area (Å²) in [6.45, 7) is 19.5. The molecule has 0 radical (unpaired) electrons. The van der Waals surface area contributed by atoms with Gasteiger partial charge >= 0.3 is 0 Å². The molecule has 5 heterocycles. The zero-order valence-corrected chi connectivity index (χ0v) is 38.0. The number of hydrogen-bond donors (Lipinski definition) is 1. The summed E-state index contributed by atoms with van der Waals surface area (Å²) in [5.74, 6) is 0.849. The van der Waals surface area contributed by atoms with Gasteiger partial charge in [0, 0.05) is 23.7 Å². The van der Waals surface area contributed by atoms with Gasteiger partial charge in [-0.1, -0.05) is 120 Å². The minimum Gasteiger partial charge on any atom is -0.340 e. The molecule has 3 aromatic heterocycles. The number of allylic oxidation sites excluding steroid dienone is 2. The van der Waals surface area contributed by atoms with Gasteiger partial charge in [-0.05, 0) is 119 Å². The van der Waals surface area contributed by atoms with Crippen molar-refractivity contribution in [3.8, 4) is 0 Å². The zero-order chi connectivity index (χ0) is 40.7. The normalized spacial score (nSPS) is 13.0. The van der Waals surface area contributed by atoms with Crippen molar-refractivity contribution in [1.29, 1.82) is 0 Å². The van der Waals surface area contributed by atoms with E-state index in [1.807, 2.05) is 0 Å². The molecule has 0 atom stereocenters. The lowest BCUT2D eigenvalue weighted by atomic mass is 9.91. The first-order valence-corrected chi connectivity index (χ1v) is 23.7. The minimum atomic E-state index is 0.396. The number of aliphatic imine (C=N–C) groups is 1. The lowest BCUT2D eigenvalue weighted by Crippen LogP contribution is -2.09. The number of unbranched alkanes of at least 4 members (excludes halogenated alkanes) is 8. The van der Waals surface area contributed by atoms with E-state index in [4.69, 9.17) is 32.8 Å². The van der Waals surface area contributed by atoms with Crippen LogP contribution in [0.1, 0.15) is 217 Å². The SMILES string of the molecule is CCCCC1=Nc2nc1c(CCCC)c1c(CCCC)c(CCCC)c(c(CCCC)c3nc(cc4nnc(n2)n4S)C(CCCC)=C3CCCC)n1CCCC. The van der Waals surface area contributed by atoms with Crippen LogP contribution in [-0.2, 0) is 32.2 Å².